The Morgan fingerprint density at radius 3 is 3.09 bits per heavy atom. The van der Waals surface area contributed by atoms with Gasteiger partial charge in [0, 0.05) is 23.7 Å². The Balaban J connectivity index is 2.11. The van der Waals surface area contributed by atoms with Crippen LogP contribution in [0.5, 0.6) is 5.75 Å². The molecule has 1 aliphatic heterocycles. The molecule has 0 saturated carbocycles. The minimum atomic E-state index is -0.431. The van der Waals surface area contributed by atoms with Gasteiger partial charge in [0.1, 0.15) is 17.4 Å². The second-order valence-electron chi connectivity index (χ2n) is 4.90. The molecule has 0 aromatic heterocycles. The Hall–Kier alpha value is -2.03. The third-order valence-corrected chi connectivity index (χ3v) is 3.61. The summed E-state index contributed by atoms with van der Waals surface area (Å²) in [6, 6.07) is 6.92. The van der Waals surface area contributed by atoms with Crippen molar-refractivity contribution in [1.82, 2.24) is 5.32 Å². The van der Waals surface area contributed by atoms with Crippen LogP contribution in [0.4, 0.5) is 0 Å². The van der Waals surface area contributed by atoms with Crippen LogP contribution in [0.2, 0.25) is 5.02 Å². The Bertz CT molecular complexity index is 616. The van der Waals surface area contributed by atoms with Crippen molar-refractivity contribution in [3.63, 3.8) is 0 Å². The van der Waals surface area contributed by atoms with E-state index in [0.717, 1.165) is 19.4 Å². The molecular weight excluding hydrogens is 304 g/mol. The maximum absolute atomic E-state index is 12.1. The molecule has 1 atom stereocenters. The Morgan fingerprint density at radius 2 is 2.45 bits per heavy atom. The van der Waals surface area contributed by atoms with Crippen LogP contribution in [-0.4, -0.2) is 32.3 Å². The lowest BCUT2D eigenvalue weighted by Crippen LogP contribution is -2.32. The third kappa shape index (κ3) is 4.23. The van der Waals surface area contributed by atoms with Crippen molar-refractivity contribution in [2.45, 2.75) is 18.9 Å². The number of ether oxygens (including phenoxy) is 2. The summed E-state index contributed by atoms with van der Waals surface area (Å²) in [5.74, 6) is 0.115. The van der Waals surface area contributed by atoms with E-state index in [0.29, 0.717) is 22.9 Å². The van der Waals surface area contributed by atoms with Crippen molar-refractivity contribution in [3.8, 4) is 11.8 Å². The standard InChI is InChI=1S/C16H17ClN2O3/c1-21-15-5-4-13(17)8-11(15)7-12(9-18)16(20)19-10-14-3-2-6-22-14/h4-5,7-8,14H,2-3,6,10H2,1H3,(H,19,20)/b12-7+/t14-/m1/s1. The van der Waals surface area contributed by atoms with Gasteiger partial charge in [-0.05, 0) is 37.1 Å². The van der Waals surface area contributed by atoms with Crippen LogP contribution in [0, 0.1) is 11.3 Å². The first kappa shape index (κ1) is 16.3. The summed E-state index contributed by atoms with van der Waals surface area (Å²) < 4.78 is 10.6. The molecular formula is C16H17ClN2O3. The van der Waals surface area contributed by atoms with E-state index in [2.05, 4.69) is 5.32 Å². The number of methoxy groups -OCH3 is 1. The highest BCUT2D eigenvalue weighted by atomic mass is 35.5. The molecule has 0 aliphatic carbocycles. The molecule has 1 heterocycles. The first-order chi connectivity index (χ1) is 10.6. The lowest BCUT2D eigenvalue weighted by atomic mass is 10.1. The molecule has 1 N–H and O–H groups in total. The summed E-state index contributed by atoms with van der Waals surface area (Å²) in [4.78, 5) is 12.1. The molecule has 1 aliphatic rings. The monoisotopic (exact) mass is 320 g/mol. The van der Waals surface area contributed by atoms with Crippen LogP contribution in [-0.2, 0) is 9.53 Å². The minimum Gasteiger partial charge on any atom is -0.496 e. The van der Waals surface area contributed by atoms with Gasteiger partial charge in [0.15, 0.2) is 0 Å². The fourth-order valence-electron chi connectivity index (χ4n) is 2.23. The van der Waals surface area contributed by atoms with Crippen LogP contribution < -0.4 is 10.1 Å². The van der Waals surface area contributed by atoms with Gasteiger partial charge in [0.2, 0.25) is 0 Å². The number of amides is 1. The van der Waals surface area contributed by atoms with E-state index >= 15 is 0 Å². The van der Waals surface area contributed by atoms with Crippen molar-refractivity contribution in [2.75, 3.05) is 20.3 Å². The Labute approximate surface area is 134 Å². The van der Waals surface area contributed by atoms with Crippen LogP contribution in [0.15, 0.2) is 23.8 Å². The zero-order valence-electron chi connectivity index (χ0n) is 12.3. The highest BCUT2D eigenvalue weighted by Crippen LogP contribution is 2.25. The maximum Gasteiger partial charge on any atom is 0.262 e. The molecule has 0 unspecified atom stereocenters. The summed E-state index contributed by atoms with van der Waals surface area (Å²) in [6.45, 7) is 1.13. The van der Waals surface area contributed by atoms with Crippen molar-refractivity contribution in [3.05, 3.63) is 34.4 Å². The van der Waals surface area contributed by atoms with E-state index in [4.69, 9.17) is 21.1 Å². The molecule has 1 fully saturated rings. The zero-order valence-corrected chi connectivity index (χ0v) is 13.0. The molecule has 0 spiro atoms. The molecule has 1 amide bonds. The number of carbonyl (C=O) groups is 1. The number of halogens is 1. The van der Waals surface area contributed by atoms with E-state index < -0.39 is 5.91 Å². The van der Waals surface area contributed by atoms with Gasteiger partial charge in [0.25, 0.3) is 5.91 Å². The summed E-state index contributed by atoms with van der Waals surface area (Å²) in [5.41, 5.74) is 0.581. The molecule has 116 valence electrons. The van der Waals surface area contributed by atoms with E-state index in [-0.39, 0.29) is 11.7 Å². The second-order valence-corrected chi connectivity index (χ2v) is 5.34. The topological polar surface area (TPSA) is 71.3 Å². The molecule has 1 aromatic carbocycles. The molecule has 0 bridgehead atoms. The number of nitrogens with one attached hydrogen (secondary N) is 1. The molecule has 1 aromatic rings. The van der Waals surface area contributed by atoms with Gasteiger partial charge in [-0.2, -0.15) is 5.26 Å². The lowest BCUT2D eigenvalue weighted by Gasteiger charge is -2.10. The van der Waals surface area contributed by atoms with Gasteiger partial charge in [-0.3, -0.25) is 4.79 Å². The number of rotatable bonds is 5. The van der Waals surface area contributed by atoms with E-state index in [1.54, 1.807) is 18.2 Å². The highest BCUT2D eigenvalue weighted by Gasteiger charge is 2.18. The predicted octanol–water partition coefficient (Wildman–Crippen LogP) is 2.55. The van der Waals surface area contributed by atoms with Gasteiger partial charge >= 0.3 is 0 Å². The molecule has 22 heavy (non-hydrogen) atoms. The average molecular weight is 321 g/mol. The van der Waals surface area contributed by atoms with Gasteiger partial charge in [-0.1, -0.05) is 11.6 Å². The maximum atomic E-state index is 12.1. The number of nitriles is 1. The number of hydrogen-bond acceptors (Lipinski definition) is 4. The SMILES string of the molecule is COc1ccc(Cl)cc1/C=C(\C#N)C(=O)NC[C@H]1CCCO1. The van der Waals surface area contributed by atoms with Crippen LogP contribution in [0.1, 0.15) is 18.4 Å². The van der Waals surface area contributed by atoms with Crippen LogP contribution in [0.25, 0.3) is 6.08 Å². The molecule has 6 heteroatoms. The fourth-order valence-corrected chi connectivity index (χ4v) is 2.41. The van der Waals surface area contributed by atoms with Crippen LogP contribution >= 0.6 is 11.6 Å². The van der Waals surface area contributed by atoms with E-state index in [1.165, 1.54) is 13.2 Å². The molecule has 0 radical (unpaired) electrons. The average Bonchev–Trinajstić information content (AvgIpc) is 3.04. The van der Waals surface area contributed by atoms with E-state index in [9.17, 15) is 10.1 Å². The largest absolute Gasteiger partial charge is 0.496 e. The third-order valence-electron chi connectivity index (χ3n) is 3.37. The number of hydrogen-bond donors (Lipinski definition) is 1. The molecule has 2 rings (SSSR count). The van der Waals surface area contributed by atoms with Gasteiger partial charge in [-0.15, -0.1) is 0 Å². The van der Waals surface area contributed by atoms with Crippen molar-refractivity contribution in [1.29, 1.82) is 5.26 Å². The number of benzene rings is 1. The first-order valence-electron chi connectivity index (χ1n) is 6.99. The smallest absolute Gasteiger partial charge is 0.262 e. The zero-order chi connectivity index (χ0) is 15.9. The second kappa shape index (κ2) is 7.83. The number of carbonyl (C=O) groups excluding carboxylic acids is 1. The van der Waals surface area contributed by atoms with E-state index in [1.807, 2.05) is 6.07 Å². The van der Waals surface area contributed by atoms with Gasteiger partial charge < -0.3 is 14.8 Å². The summed E-state index contributed by atoms with van der Waals surface area (Å²) in [5, 5.41) is 12.4. The minimum absolute atomic E-state index is 0.00133. The normalized spacial score (nSPS) is 17.9. The lowest BCUT2D eigenvalue weighted by molar-refractivity contribution is -0.117. The fraction of sp³-hybridized carbons (Fsp3) is 0.375. The Kier molecular flexibility index (Phi) is 5.82. The van der Waals surface area contributed by atoms with Crippen molar-refractivity contribution < 1.29 is 14.3 Å². The number of nitrogens with zero attached hydrogens (tertiary/aromatic N) is 1. The van der Waals surface area contributed by atoms with Crippen molar-refractivity contribution >= 4 is 23.6 Å². The predicted molar refractivity (Wildman–Crippen MR) is 83.6 cm³/mol. The van der Waals surface area contributed by atoms with Crippen molar-refractivity contribution in [2.24, 2.45) is 0 Å². The van der Waals surface area contributed by atoms with Gasteiger partial charge in [-0.25, -0.2) is 0 Å². The van der Waals surface area contributed by atoms with Gasteiger partial charge in [0.05, 0.1) is 13.2 Å². The first-order valence-corrected chi connectivity index (χ1v) is 7.37. The quantitative estimate of drug-likeness (QED) is 0.668. The summed E-state index contributed by atoms with van der Waals surface area (Å²) >= 11 is 5.94. The van der Waals surface area contributed by atoms with Crippen LogP contribution in [0.3, 0.4) is 0 Å². The summed E-state index contributed by atoms with van der Waals surface area (Å²) in [6.07, 6.45) is 3.43. The summed E-state index contributed by atoms with van der Waals surface area (Å²) in [7, 11) is 1.52. The molecule has 1 saturated heterocycles. The highest BCUT2D eigenvalue weighted by molar-refractivity contribution is 6.30. The molecule has 5 nitrogen and oxygen atoms in total. The Morgan fingerprint density at radius 1 is 1.64 bits per heavy atom.